The smallest absolute Gasteiger partial charge is 0.253 e. The van der Waals surface area contributed by atoms with Crippen LogP contribution in [0.4, 0.5) is 5.69 Å². The number of aliphatic hydroxyl groups excluding tert-OH is 1. The zero-order chi connectivity index (χ0) is 15.3. The van der Waals surface area contributed by atoms with E-state index in [1.54, 1.807) is 32.3 Å². The molecule has 0 fully saturated rings. The summed E-state index contributed by atoms with van der Waals surface area (Å²) in [6.07, 6.45) is 1.35. The first-order valence-electron chi connectivity index (χ1n) is 6.08. The lowest BCUT2D eigenvalue weighted by molar-refractivity contribution is 0.0767. The zero-order valence-corrected chi connectivity index (χ0v) is 11.7. The summed E-state index contributed by atoms with van der Waals surface area (Å²) < 4.78 is 0. The third kappa shape index (κ3) is 3.62. The Morgan fingerprint density at radius 2 is 1.90 bits per heavy atom. The Balaban J connectivity index is 3.18. The molecule has 0 bridgehead atoms. The number of carbonyl (C=O) groups excluding carboxylic acids is 1. The lowest BCUT2D eigenvalue weighted by atomic mass is 10.1. The summed E-state index contributed by atoms with van der Waals surface area (Å²) in [5.41, 5.74) is 13.4. The number of hydrogen-bond acceptors (Lipinski definition) is 6. The maximum Gasteiger partial charge on any atom is 0.253 e. The van der Waals surface area contributed by atoms with Crippen molar-refractivity contribution in [3.63, 3.8) is 0 Å². The SMILES string of the molecule is CN(CCO)C(=O)c1cc(N)cc(/C(=C/N)N(C)N)c1. The van der Waals surface area contributed by atoms with Crippen LogP contribution in [0.25, 0.3) is 5.70 Å². The highest BCUT2D eigenvalue weighted by Crippen LogP contribution is 2.21. The number of hydrogen-bond donors (Lipinski definition) is 4. The van der Waals surface area contributed by atoms with E-state index in [9.17, 15) is 4.79 Å². The number of carbonyl (C=O) groups is 1. The van der Waals surface area contributed by atoms with Crippen LogP contribution in [0, 0.1) is 0 Å². The molecular weight excluding hydrogens is 258 g/mol. The van der Waals surface area contributed by atoms with E-state index in [1.165, 1.54) is 16.1 Å². The largest absolute Gasteiger partial charge is 0.403 e. The predicted octanol–water partition coefficient (Wildman–Crippen LogP) is -0.604. The van der Waals surface area contributed by atoms with E-state index in [4.69, 9.17) is 22.4 Å². The molecule has 0 aliphatic heterocycles. The van der Waals surface area contributed by atoms with Gasteiger partial charge in [-0.05, 0) is 18.2 Å². The van der Waals surface area contributed by atoms with Crippen LogP contribution in [0.3, 0.4) is 0 Å². The second-order valence-corrected chi connectivity index (χ2v) is 4.46. The molecule has 1 aromatic carbocycles. The minimum absolute atomic E-state index is 0.100. The van der Waals surface area contributed by atoms with Gasteiger partial charge in [-0.2, -0.15) is 0 Å². The van der Waals surface area contributed by atoms with E-state index in [-0.39, 0.29) is 19.1 Å². The molecule has 0 unspecified atom stereocenters. The first-order valence-corrected chi connectivity index (χ1v) is 6.08. The first-order chi connectivity index (χ1) is 9.40. The number of aliphatic hydroxyl groups is 1. The standard InChI is InChI=1S/C13H21N5O2/c1-17(3-4-19)13(20)10-5-9(6-11(15)7-10)12(8-14)18(2)16/h5-8,19H,3-4,14-16H2,1-2H3/b12-8-. The van der Waals surface area contributed by atoms with Gasteiger partial charge in [0.15, 0.2) is 0 Å². The van der Waals surface area contributed by atoms with Crippen molar-refractivity contribution >= 4 is 17.3 Å². The molecule has 0 heterocycles. The summed E-state index contributed by atoms with van der Waals surface area (Å²) in [7, 11) is 3.25. The van der Waals surface area contributed by atoms with E-state index < -0.39 is 0 Å². The Hall–Kier alpha value is -2.25. The Kier molecular flexibility index (Phi) is 5.36. The Morgan fingerprint density at radius 1 is 1.30 bits per heavy atom. The minimum Gasteiger partial charge on any atom is -0.403 e. The average molecular weight is 279 g/mol. The number of nitrogens with two attached hydrogens (primary N) is 3. The van der Waals surface area contributed by atoms with Gasteiger partial charge in [0, 0.05) is 43.7 Å². The number of nitrogens with zero attached hydrogens (tertiary/aromatic N) is 2. The zero-order valence-electron chi connectivity index (χ0n) is 11.7. The molecule has 20 heavy (non-hydrogen) atoms. The molecule has 1 amide bonds. The maximum atomic E-state index is 12.2. The van der Waals surface area contributed by atoms with Gasteiger partial charge >= 0.3 is 0 Å². The van der Waals surface area contributed by atoms with Crippen molar-refractivity contribution in [2.24, 2.45) is 11.6 Å². The first kappa shape index (κ1) is 15.8. The number of nitrogen functional groups attached to an aromatic ring is 1. The van der Waals surface area contributed by atoms with Crippen molar-refractivity contribution in [3.05, 3.63) is 35.5 Å². The van der Waals surface area contributed by atoms with Crippen LogP contribution in [0.5, 0.6) is 0 Å². The molecule has 110 valence electrons. The number of likely N-dealkylation sites (N-methyl/N-ethyl adjacent to an activating group) is 1. The predicted molar refractivity (Wildman–Crippen MR) is 79.0 cm³/mol. The summed E-state index contributed by atoms with van der Waals surface area (Å²) in [5.74, 6) is 5.45. The second kappa shape index (κ2) is 6.78. The fraction of sp³-hybridized carbons (Fsp3) is 0.308. The third-order valence-electron chi connectivity index (χ3n) is 2.82. The topological polar surface area (TPSA) is 122 Å². The highest BCUT2D eigenvalue weighted by Gasteiger charge is 2.14. The summed E-state index contributed by atoms with van der Waals surface area (Å²) in [6, 6.07) is 4.92. The highest BCUT2D eigenvalue weighted by molar-refractivity contribution is 5.96. The monoisotopic (exact) mass is 279 g/mol. The summed E-state index contributed by atoms with van der Waals surface area (Å²) in [4.78, 5) is 13.6. The summed E-state index contributed by atoms with van der Waals surface area (Å²) in [5, 5.41) is 10.2. The highest BCUT2D eigenvalue weighted by atomic mass is 16.3. The Labute approximate surface area is 118 Å². The Bertz CT molecular complexity index is 513. The van der Waals surface area contributed by atoms with Crippen molar-refractivity contribution in [1.82, 2.24) is 9.91 Å². The lowest BCUT2D eigenvalue weighted by Crippen LogP contribution is -2.30. The molecule has 7 nitrogen and oxygen atoms in total. The molecule has 0 aliphatic rings. The summed E-state index contributed by atoms with van der Waals surface area (Å²) in [6.45, 7) is 0.149. The van der Waals surface area contributed by atoms with Gasteiger partial charge in [0.05, 0.1) is 12.3 Å². The van der Waals surface area contributed by atoms with E-state index in [1.807, 2.05) is 0 Å². The van der Waals surface area contributed by atoms with Crippen LogP contribution in [0.2, 0.25) is 0 Å². The molecule has 0 saturated heterocycles. The van der Waals surface area contributed by atoms with Gasteiger partial charge in [-0.1, -0.05) is 0 Å². The summed E-state index contributed by atoms with van der Waals surface area (Å²) >= 11 is 0. The van der Waals surface area contributed by atoms with Crippen molar-refractivity contribution in [3.8, 4) is 0 Å². The van der Waals surface area contributed by atoms with Crippen molar-refractivity contribution in [2.45, 2.75) is 0 Å². The maximum absolute atomic E-state index is 12.2. The number of benzene rings is 1. The molecule has 1 aromatic rings. The van der Waals surface area contributed by atoms with Gasteiger partial charge < -0.3 is 26.5 Å². The van der Waals surface area contributed by atoms with Gasteiger partial charge in [-0.15, -0.1) is 0 Å². The average Bonchev–Trinajstić information content (AvgIpc) is 2.37. The molecule has 0 radical (unpaired) electrons. The normalized spacial score (nSPS) is 11.3. The second-order valence-electron chi connectivity index (χ2n) is 4.46. The molecule has 0 saturated carbocycles. The van der Waals surface area contributed by atoms with Gasteiger partial charge in [0.1, 0.15) is 0 Å². The fourth-order valence-corrected chi connectivity index (χ4v) is 1.81. The number of rotatable bonds is 5. The molecule has 0 atom stereocenters. The van der Waals surface area contributed by atoms with E-state index >= 15 is 0 Å². The van der Waals surface area contributed by atoms with Crippen LogP contribution >= 0.6 is 0 Å². The van der Waals surface area contributed by atoms with Crippen LogP contribution in [0.1, 0.15) is 15.9 Å². The van der Waals surface area contributed by atoms with Crippen molar-refractivity contribution in [1.29, 1.82) is 0 Å². The molecule has 7 heteroatoms. The van der Waals surface area contributed by atoms with Gasteiger partial charge in [-0.25, -0.2) is 5.84 Å². The van der Waals surface area contributed by atoms with Gasteiger partial charge in [-0.3, -0.25) is 4.79 Å². The van der Waals surface area contributed by atoms with E-state index in [0.717, 1.165) is 0 Å². The molecular formula is C13H21N5O2. The van der Waals surface area contributed by atoms with E-state index in [0.29, 0.717) is 22.5 Å². The van der Waals surface area contributed by atoms with E-state index in [2.05, 4.69) is 0 Å². The Morgan fingerprint density at radius 3 is 2.40 bits per heavy atom. The van der Waals surface area contributed by atoms with Gasteiger partial charge in [0.2, 0.25) is 0 Å². The molecule has 1 rings (SSSR count). The van der Waals surface area contributed by atoms with Crippen LogP contribution in [-0.2, 0) is 0 Å². The molecule has 0 aromatic heterocycles. The minimum atomic E-state index is -0.233. The quantitative estimate of drug-likeness (QED) is 0.324. The lowest BCUT2D eigenvalue weighted by Gasteiger charge is -2.19. The fourth-order valence-electron chi connectivity index (χ4n) is 1.81. The molecule has 7 N–H and O–H groups in total. The number of anilines is 1. The van der Waals surface area contributed by atoms with Crippen molar-refractivity contribution < 1.29 is 9.90 Å². The van der Waals surface area contributed by atoms with Crippen LogP contribution in [-0.4, -0.2) is 48.2 Å². The van der Waals surface area contributed by atoms with Crippen molar-refractivity contribution in [2.75, 3.05) is 33.0 Å². The third-order valence-corrected chi connectivity index (χ3v) is 2.82. The molecule has 0 spiro atoms. The molecule has 0 aliphatic carbocycles. The van der Waals surface area contributed by atoms with Crippen LogP contribution < -0.4 is 17.3 Å². The number of amides is 1. The van der Waals surface area contributed by atoms with Gasteiger partial charge in [0.25, 0.3) is 5.91 Å². The van der Waals surface area contributed by atoms with Crippen LogP contribution in [0.15, 0.2) is 24.4 Å². The number of hydrazine groups is 1.